The lowest BCUT2D eigenvalue weighted by atomic mass is 9.86. The Kier molecular flexibility index (Phi) is 6.58. The van der Waals surface area contributed by atoms with Crippen molar-refractivity contribution in [3.8, 4) is 0 Å². The number of amides is 2. The van der Waals surface area contributed by atoms with Gasteiger partial charge in [0.25, 0.3) is 0 Å². The van der Waals surface area contributed by atoms with E-state index in [0.717, 1.165) is 11.1 Å². The van der Waals surface area contributed by atoms with E-state index in [2.05, 4.69) is 10.6 Å². The average molecular weight is 404 g/mol. The molecule has 0 heterocycles. The molecule has 2 rings (SSSR count). The second-order valence-corrected chi connectivity index (χ2v) is 9.01. The lowest BCUT2D eigenvalue weighted by molar-refractivity contribution is -0.136. The maximum absolute atomic E-state index is 12.2. The summed E-state index contributed by atoms with van der Waals surface area (Å²) >= 11 is 0. The fourth-order valence-electron chi connectivity index (χ4n) is 2.67. The van der Waals surface area contributed by atoms with Crippen LogP contribution in [0.15, 0.2) is 53.4 Å². The van der Waals surface area contributed by atoms with Gasteiger partial charge in [-0.05, 0) is 41.2 Å². The fraction of sp³-hybridized carbons (Fsp3) is 0.300. The second kappa shape index (κ2) is 8.53. The average Bonchev–Trinajstić information content (AvgIpc) is 2.61. The molecule has 0 saturated carbocycles. The molecule has 0 spiro atoms. The van der Waals surface area contributed by atoms with Crippen LogP contribution in [0.1, 0.15) is 31.9 Å². The third-order valence-corrected chi connectivity index (χ3v) is 5.07. The molecule has 0 aliphatic carbocycles. The Balaban J connectivity index is 1.91. The molecule has 4 N–H and O–H groups in total. The SMILES string of the molecule is CC(C)(C)c1ccccc1NC(=O)C(=O)NCCc1ccc(S(N)(=O)=O)cc1. The maximum Gasteiger partial charge on any atom is 0.313 e. The van der Waals surface area contributed by atoms with Crippen LogP contribution in [-0.2, 0) is 31.4 Å². The first-order chi connectivity index (χ1) is 13.0. The van der Waals surface area contributed by atoms with Crippen molar-refractivity contribution in [1.82, 2.24) is 5.32 Å². The lowest BCUT2D eigenvalue weighted by Gasteiger charge is -2.22. The van der Waals surface area contributed by atoms with E-state index in [-0.39, 0.29) is 16.9 Å². The molecule has 0 saturated heterocycles. The maximum atomic E-state index is 12.2. The largest absolute Gasteiger partial charge is 0.347 e. The zero-order valence-corrected chi connectivity index (χ0v) is 17.0. The van der Waals surface area contributed by atoms with Gasteiger partial charge in [0.1, 0.15) is 0 Å². The lowest BCUT2D eigenvalue weighted by Crippen LogP contribution is -2.37. The van der Waals surface area contributed by atoms with E-state index in [1.54, 1.807) is 24.3 Å². The summed E-state index contributed by atoms with van der Waals surface area (Å²) in [5.74, 6) is -1.47. The van der Waals surface area contributed by atoms with Crippen molar-refractivity contribution in [2.75, 3.05) is 11.9 Å². The molecule has 0 fully saturated rings. The van der Waals surface area contributed by atoms with Crippen LogP contribution in [-0.4, -0.2) is 26.8 Å². The third kappa shape index (κ3) is 5.90. The number of carbonyl (C=O) groups excluding carboxylic acids is 2. The van der Waals surface area contributed by atoms with Gasteiger partial charge in [-0.3, -0.25) is 9.59 Å². The van der Waals surface area contributed by atoms with E-state index in [9.17, 15) is 18.0 Å². The van der Waals surface area contributed by atoms with Crippen LogP contribution >= 0.6 is 0 Å². The van der Waals surface area contributed by atoms with Gasteiger partial charge in [0.05, 0.1) is 4.90 Å². The van der Waals surface area contributed by atoms with Gasteiger partial charge in [-0.2, -0.15) is 0 Å². The molecule has 2 amide bonds. The molecule has 0 aromatic heterocycles. The zero-order valence-electron chi connectivity index (χ0n) is 16.2. The van der Waals surface area contributed by atoms with Gasteiger partial charge in [0, 0.05) is 12.2 Å². The number of nitrogens with one attached hydrogen (secondary N) is 2. The molecule has 0 aliphatic rings. The number of nitrogens with two attached hydrogens (primary N) is 1. The predicted molar refractivity (Wildman–Crippen MR) is 108 cm³/mol. The number of para-hydroxylation sites is 1. The molecule has 150 valence electrons. The van der Waals surface area contributed by atoms with Crippen LogP contribution in [0.3, 0.4) is 0 Å². The molecule has 0 aliphatic heterocycles. The highest BCUT2D eigenvalue weighted by Crippen LogP contribution is 2.29. The minimum absolute atomic E-state index is 0.0252. The normalized spacial score (nSPS) is 11.7. The Hall–Kier alpha value is -2.71. The minimum Gasteiger partial charge on any atom is -0.347 e. The van der Waals surface area contributed by atoms with E-state index < -0.39 is 21.8 Å². The number of sulfonamides is 1. The number of hydrogen-bond acceptors (Lipinski definition) is 4. The van der Waals surface area contributed by atoms with E-state index >= 15 is 0 Å². The molecule has 0 radical (unpaired) electrons. The van der Waals surface area contributed by atoms with Crippen molar-refractivity contribution in [3.05, 3.63) is 59.7 Å². The van der Waals surface area contributed by atoms with Crippen molar-refractivity contribution in [1.29, 1.82) is 0 Å². The van der Waals surface area contributed by atoms with Crippen molar-refractivity contribution in [2.24, 2.45) is 5.14 Å². The molecule has 7 nitrogen and oxygen atoms in total. The Morgan fingerprint density at radius 1 is 0.964 bits per heavy atom. The monoisotopic (exact) mass is 403 g/mol. The third-order valence-electron chi connectivity index (χ3n) is 4.14. The van der Waals surface area contributed by atoms with Crippen LogP contribution in [0.25, 0.3) is 0 Å². The highest BCUT2D eigenvalue weighted by molar-refractivity contribution is 7.89. The van der Waals surface area contributed by atoms with Crippen LogP contribution in [0.2, 0.25) is 0 Å². The first-order valence-electron chi connectivity index (χ1n) is 8.79. The predicted octanol–water partition coefficient (Wildman–Crippen LogP) is 1.93. The molecule has 28 heavy (non-hydrogen) atoms. The standard InChI is InChI=1S/C20H25N3O4S/c1-20(2,3)16-6-4-5-7-17(16)23-19(25)18(24)22-13-12-14-8-10-15(11-9-14)28(21,26)27/h4-11H,12-13H2,1-3H3,(H,22,24)(H,23,25)(H2,21,26,27). The van der Waals surface area contributed by atoms with Crippen molar-refractivity contribution in [3.63, 3.8) is 0 Å². The molecule has 2 aromatic rings. The molecule has 0 unspecified atom stereocenters. The molecular formula is C20H25N3O4S. The van der Waals surface area contributed by atoms with E-state index in [1.165, 1.54) is 12.1 Å². The summed E-state index contributed by atoms with van der Waals surface area (Å²) < 4.78 is 22.5. The number of primary sulfonamides is 1. The first kappa shape index (κ1) is 21.6. The first-order valence-corrected chi connectivity index (χ1v) is 10.3. The minimum atomic E-state index is -3.73. The van der Waals surface area contributed by atoms with Gasteiger partial charge in [0.15, 0.2) is 0 Å². The van der Waals surface area contributed by atoms with Gasteiger partial charge in [0.2, 0.25) is 10.0 Å². The van der Waals surface area contributed by atoms with E-state index in [1.807, 2.05) is 32.9 Å². The number of rotatable bonds is 5. The van der Waals surface area contributed by atoms with Crippen molar-refractivity contribution >= 4 is 27.5 Å². The van der Waals surface area contributed by atoms with Crippen LogP contribution in [0.5, 0.6) is 0 Å². The summed E-state index contributed by atoms with van der Waals surface area (Å²) in [6, 6.07) is 13.4. The van der Waals surface area contributed by atoms with Gasteiger partial charge in [-0.1, -0.05) is 51.1 Å². The second-order valence-electron chi connectivity index (χ2n) is 7.44. The summed E-state index contributed by atoms with van der Waals surface area (Å²) in [5.41, 5.74) is 2.18. The van der Waals surface area contributed by atoms with Crippen LogP contribution < -0.4 is 15.8 Å². The summed E-state index contributed by atoms with van der Waals surface area (Å²) in [6.45, 7) is 6.32. The topological polar surface area (TPSA) is 118 Å². The van der Waals surface area contributed by atoms with Gasteiger partial charge >= 0.3 is 11.8 Å². The van der Waals surface area contributed by atoms with Crippen LogP contribution in [0, 0.1) is 0 Å². The summed E-state index contributed by atoms with van der Waals surface area (Å²) in [7, 11) is -3.73. The summed E-state index contributed by atoms with van der Waals surface area (Å²) in [4.78, 5) is 24.3. The molecule has 0 atom stereocenters. The number of carbonyl (C=O) groups is 2. The summed E-state index contributed by atoms with van der Waals surface area (Å²) in [6.07, 6.45) is 0.447. The quantitative estimate of drug-likeness (QED) is 0.661. The highest BCUT2D eigenvalue weighted by atomic mass is 32.2. The number of benzene rings is 2. The van der Waals surface area contributed by atoms with E-state index in [4.69, 9.17) is 5.14 Å². The Labute approximate surface area is 165 Å². The molecule has 0 bridgehead atoms. The zero-order chi connectivity index (χ0) is 20.9. The van der Waals surface area contributed by atoms with Gasteiger partial charge < -0.3 is 10.6 Å². The van der Waals surface area contributed by atoms with Crippen molar-refractivity contribution < 1.29 is 18.0 Å². The fourth-order valence-corrected chi connectivity index (χ4v) is 3.19. The number of hydrogen-bond donors (Lipinski definition) is 3. The smallest absolute Gasteiger partial charge is 0.313 e. The Morgan fingerprint density at radius 2 is 1.57 bits per heavy atom. The molecular weight excluding hydrogens is 378 g/mol. The van der Waals surface area contributed by atoms with Gasteiger partial charge in [-0.25, -0.2) is 13.6 Å². The van der Waals surface area contributed by atoms with E-state index in [0.29, 0.717) is 12.1 Å². The molecule has 2 aromatic carbocycles. The van der Waals surface area contributed by atoms with Crippen LogP contribution in [0.4, 0.5) is 5.69 Å². The highest BCUT2D eigenvalue weighted by Gasteiger charge is 2.20. The molecule has 8 heteroatoms. The number of anilines is 1. The Bertz CT molecular complexity index is 962. The summed E-state index contributed by atoms with van der Waals surface area (Å²) in [5, 5.41) is 10.3. The van der Waals surface area contributed by atoms with Crippen molar-refractivity contribution in [2.45, 2.75) is 37.5 Å². The van der Waals surface area contributed by atoms with Gasteiger partial charge in [-0.15, -0.1) is 0 Å². The Morgan fingerprint density at radius 3 is 2.14 bits per heavy atom.